The third kappa shape index (κ3) is 3.87. The average molecular weight is 545 g/mol. The highest BCUT2D eigenvalue weighted by atomic mass is 16.3. The van der Waals surface area contributed by atoms with Gasteiger partial charge in [0.05, 0.1) is 22.9 Å². The molecule has 0 saturated heterocycles. The minimum absolute atomic E-state index is 0.0647. The molecule has 11 nitrogen and oxygen atoms in total. The van der Waals surface area contributed by atoms with Gasteiger partial charge >= 0.3 is 0 Å². The quantitative estimate of drug-likeness (QED) is 0.239. The van der Waals surface area contributed by atoms with Crippen molar-refractivity contribution in [3.8, 4) is 11.8 Å². The first-order valence-corrected chi connectivity index (χ1v) is 12.7. The lowest BCUT2D eigenvalue weighted by Gasteiger charge is -2.46. The van der Waals surface area contributed by atoms with E-state index < -0.39 is 52.0 Å². The highest BCUT2D eigenvalue weighted by Gasteiger charge is 2.59. The number of nitriles is 1. The predicted molar refractivity (Wildman–Crippen MR) is 144 cm³/mol. The Bertz CT molecular complexity index is 1580. The van der Waals surface area contributed by atoms with E-state index in [1.165, 1.54) is 0 Å². The average Bonchev–Trinajstić information content (AvgIpc) is 2.90. The van der Waals surface area contributed by atoms with Gasteiger partial charge < -0.3 is 36.4 Å². The zero-order valence-corrected chi connectivity index (χ0v) is 21.9. The summed E-state index contributed by atoms with van der Waals surface area (Å²) in [4.78, 5) is 40.7. The van der Waals surface area contributed by atoms with Crippen LogP contribution in [0, 0.1) is 23.2 Å². The molecule has 2 aromatic carbocycles. The van der Waals surface area contributed by atoms with Crippen LogP contribution in [0.25, 0.3) is 0 Å². The first-order chi connectivity index (χ1) is 18.9. The Balaban J connectivity index is 1.59. The molecule has 0 heterocycles. The number of carbonyl (C=O) groups excluding carboxylic acids is 3. The fourth-order valence-corrected chi connectivity index (χ4v) is 6.10. The van der Waals surface area contributed by atoms with Crippen molar-refractivity contribution in [3.63, 3.8) is 0 Å². The predicted octanol–water partition coefficient (Wildman–Crippen LogP) is 2.13. The number of rotatable bonds is 5. The molecule has 0 unspecified atom stereocenters. The number of nitrogens with zero attached hydrogens (tertiary/aromatic N) is 2. The van der Waals surface area contributed by atoms with Crippen LogP contribution < -0.4 is 16.0 Å². The molecular weight excluding hydrogens is 516 g/mol. The van der Waals surface area contributed by atoms with Gasteiger partial charge in [-0.15, -0.1) is 0 Å². The van der Waals surface area contributed by atoms with Crippen LogP contribution >= 0.6 is 0 Å². The van der Waals surface area contributed by atoms with Gasteiger partial charge in [-0.1, -0.05) is 12.1 Å². The number of benzene rings is 2. The van der Waals surface area contributed by atoms with Gasteiger partial charge in [-0.25, -0.2) is 0 Å². The summed E-state index contributed by atoms with van der Waals surface area (Å²) in [6.45, 7) is 0.275. The molecule has 0 radical (unpaired) electrons. The van der Waals surface area contributed by atoms with E-state index in [9.17, 15) is 34.8 Å². The number of aromatic hydroxyl groups is 1. The normalized spacial score (nSPS) is 23.6. The van der Waals surface area contributed by atoms with Crippen molar-refractivity contribution in [3.05, 3.63) is 75.3 Å². The van der Waals surface area contributed by atoms with Crippen molar-refractivity contribution in [1.82, 2.24) is 0 Å². The molecule has 3 atom stereocenters. The van der Waals surface area contributed by atoms with Crippen molar-refractivity contribution in [2.75, 3.05) is 24.3 Å². The highest BCUT2D eigenvalue weighted by Crippen LogP contribution is 2.53. The van der Waals surface area contributed by atoms with Gasteiger partial charge in [-0.05, 0) is 48.1 Å². The maximum Gasteiger partial charge on any atom is 0.255 e. The van der Waals surface area contributed by atoms with Gasteiger partial charge in [0.15, 0.2) is 11.4 Å². The molecular formula is C29H28N4O7. The van der Waals surface area contributed by atoms with Crippen molar-refractivity contribution in [1.29, 1.82) is 5.26 Å². The van der Waals surface area contributed by atoms with E-state index in [0.717, 1.165) is 5.56 Å². The lowest BCUT2D eigenvalue weighted by atomic mass is 9.60. The number of phenolic OH excluding ortho intramolecular Hbond substituents is 1. The summed E-state index contributed by atoms with van der Waals surface area (Å²) >= 11 is 0. The summed E-state index contributed by atoms with van der Waals surface area (Å²) in [6, 6.07) is 10.6. The number of nitrogens with one attached hydrogen (secondary N) is 1. The van der Waals surface area contributed by atoms with Crippen LogP contribution in [0.2, 0.25) is 0 Å². The summed E-state index contributed by atoms with van der Waals surface area (Å²) in [5, 5.41) is 56.4. The second-order valence-electron chi connectivity index (χ2n) is 10.6. The molecule has 3 aliphatic carbocycles. The fraction of sp³-hybridized carbons (Fsp3) is 0.310. The van der Waals surface area contributed by atoms with E-state index in [2.05, 4.69) is 11.4 Å². The monoisotopic (exact) mass is 544 g/mol. The maximum atomic E-state index is 13.9. The number of hydrogen-bond donors (Lipinski definition) is 6. The van der Waals surface area contributed by atoms with E-state index >= 15 is 0 Å². The first kappa shape index (κ1) is 26.8. The molecule has 206 valence electrons. The topological polar surface area (TPSA) is 197 Å². The summed E-state index contributed by atoms with van der Waals surface area (Å²) < 4.78 is 0. The minimum Gasteiger partial charge on any atom is -0.511 e. The lowest BCUT2D eigenvalue weighted by Crippen LogP contribution is -2.57. The Morgan fingerprint density at radius 2 is 1.85 bits per heavy atom. The Morgan fingerprint density at radius 3 is 2.45 bits per heavy atom. The van der Waals surface area contributed by atoms with Gasteiger partial charge in [0.25, 0.3) is 5.91 Å². The second-order valence-corrected chi connectivity index (χ2v) is 10.6. The Morgan fingerprint density at radius 1 is 1.18 bits per heavy atom. The first-order valence-electron chi connectivity index (χ1n) is 12.7. The molecule has 1 amide bonds. The smallest absolute Gasteiger partial charge is 0.255 e. The summed E-state index contributed by atoms with van der Waals surface area (Å²) in [5.74, 6) is -6.65. The Labute approximate surface area is 229 Å². The number of nitrogens with two attached hydrogens (primary N) is 1. The van der Waals surface area contributed by atoms with Crippen LogP contribution in [0.15, 0.2) is 53.0 Å². The van der Waals surface area contributed by atoms with Crippen LogP contribution in [0.5, 0.6) is 5.75 Å². The molecule has 7 N–H and O–H groups in total. The molecule has 0 spiro atoms. The van der Waals surface area contributed by atoms with Crippen LogP contribution in [-0.2, 0) is 22.6 Å². The molecule has 2 aromatic rings. The molecule has 0 bridgehead atoms. The Kier molecular flexibility index (Phi) is 6.31. The van der Waals surface area contributed by atoms with E-state index in [-0.39, 0.29) is 48.4 Å². The lowest BCUT2D eigenvalue weighted by molar-refractivity contribution is -0.144. The van der Waals surface area contributed by atoms with Crippen LogP contribution in [0.1, 0.15) is 39.9 Å². The molecule has 0 aliphatic heterocycles. The number of carbonyl (C=O) groups is 3. The second kappa shape index (κ2) is 9.43. The molecule has 40 heavy (non-hydrogen) atoms. The van der Waals surface area contributed by atoms with E-state index in [1.54, 1.807) is 49.3 Å². The molecule has 5 rings (SSSR count). The third-order valence-electron chi connectivity index (χ3n) is 8.09. The SMILES string of the molecule is CN(C)c1cc(NCc2ccc(C#N)cc2)c(O)c2c1C[C@H]1C[C@H]3CC(O)=C(C(N)=O)C(=O)[C@@]3(O)C(O)=C1C2=O. The zero-order chi connectivity index (χ0) is 29.1. The molecule has 0 fully saturated rings. The number of anilines is 2. The Hall–Kier alpha value is -4.82. The number of phenols is 1. The number of primary amides is 1. The summed E-state index contributed by atoms with van der Waals surface area (Å²) in [6.07, 6.45) is -0.00000242. The highest BCUT2D eigenvalue weighted by molar-refractivity contribution is 6.24. The fourth-order valence-electron chi connectivity index (χ4n) is 6.10. The van der Waals surface area contributed by atoms with E-state index in [1.807, 2.05) is 0 Å². The number of fused-ring (bicyclic) bond motifs is 3. The largest absolute Gasteiger partial charge is 0.511 e. The summed E-state index contributed by atoms with van der Waals surface area (Å²) in [5.41, 5.74) is 4.34. The number of hydrogen-bond acceptors (Lipinski definition) is 10. The number of allylic oxidation sites excluding steroid dienone is 2. The van der Waals surface area contributed by atoms with Gasteiger partial charge in [-0.2, -0.15) is 5.26 Å². The van der Waals surface area contributed by atoms with Crippen molar-refractivity contribution in [2.24, 2.45) is 17.6 Å². The van der Waals surface area contributed by atoms with Crippen LogP contribution in [0.4, 0.5) is 11.4 Å². The van der Waals surface area contributed by atoms with Crippen LogP contribution in [-0.4, -0.2) is 57.6 Å². The zero-order valence-electron chi connectivity index (χ0n) is 21.9. The summed E-state index contributed by atoms with van der Waals surface area (Å²) in [7, 11) is 3.58. The number of ketones is 2. The van der Waals surface area contributed by atoms with Gasteiger partial charge in [0.1, 0.15) is 22.8 Å². The van der Waals surface area contributed by atoms with Crippen molar-refractivity contribution in [2.45, 2.75) is 31.4 Å². The molecule has 0 aromatic heterocycles. The standard InChI is InChI=1S/C29H28N4O7/c1-33(2)19-10-18(32-12-14-5-3-13(11-30)4-6-14)24(35)22-17(19)8-15-7-16-9-20(34)23(28(31)39)27(38)29(16,40)26(37)21(15)25(22)36/h3-6,10,15-16,32,34-35,37,40H,7-9,12H2,1-2H3,(H2,31,39)/t15-,16+,29+/m1/s1. The molecule has 0 saturated carbocycles. The van der Waals surface area contributed by atoms with E-state index in [0.29, 0.717) is 16.8 Å². The van der Waals surface area contributed by atoms with E-state index in [4.69, 9.17) is 11.0 Å². The number of aliphatic hydroxyl groups is 3. The van der Waals surface area contributed by atoms with Crippen LogP contribution in [0.3, 0.4) is 0 Å². The number of amides is 1. The van der Waals surface area contributed by atoms with Gasteiger partial charge in [0.2, 0.25) is 5.78 Å². The minimum atomic E-state index is -2.61. The maximum absolute atomic E-state index is 13.9. The molecule has 3 aliphatic rings. The number of Topliss-reactive ketones (excluding diaryl/α,β-unsaturated/α-hetero) is 2. The van der Waals surface area contributed by atoms with Gasteiger partial charge in [0, 0.05) is 44.2 Å². The van der Waals surface area contributed by atoms with Crippen molar-refractivity contribution >= 4 is 28.8 Å². The van der Waals surface area contributed by atoms with Crippen molar-refractivity contribution < 1.29 is 34.8 Å². The third-order valence-corrected chi connectivity index (χ3v) is 8.09. The van der Waals surface area contributed by atoms with Gasteiger partial charge in [-0.3, -0.25) is 14.4 Å². The number of aliphatic hydroxyl groups excluding tert-OH is 2. The molecule has 11 heteroatoms.